The Balaban J connectivity index is 1.82. The van der Waals surface area contributed by atoms with Crippen molar-refractivity contribution >= 4 is 0 Å². The minimum absolute atomic E-state index is 0.0489. The first kappa shape index (κ1) is 14.7. The van der Waals surface area contributed by atoms with Crippen LogP contribution in [-0.4, -0.2) is 40.6 Å². The van der Waals surface area contributed by atoms with Crippen molar-refractivity contribution in [1.29, 1.82) is 0 Å². The van der Waals surface area contributed by atoms with Crippen molar-refractivity contribution in [3.8, 4) is 0 Å². The second kappa shape index (κ2) is 6.28. The Morgan fingerprint density at radius 3 is 2.86 bits per heavy atom. The Bertz CT molecular complexity index is 535. The van der Waals surface area contributed by atoms with E-state index in [1.54, 1.807) is 6.07 Å². The zero-order valence-electron chi connectivity index (χ0n) is 13.0. The predicted octanol–water partition coefficient (Wildman–Crippen LogP) is 2.21. The molecule has 1 aliphatic carbocycles. The van der Waals surface area contributed by atoms with Crippen molar-refractivity contribution in [3.05, 3.63) is 27.9 Å². The summed E-state index contributed by atoms with van der Waals surface area (Å²) in [5, 5.41) is 0. The fraction of sp³-hybridized carbons (Fsp3) is 0.750. The summed E-state index contributed by atoms with van der Waals surface area (Å²) in [5.74, 6) is 1.16. The lowest BCUT2D eigenvalue weighted by Gasteiger charge is -2.35. The lowest BCUT2D eigenvalue weighted by molar-refractivity contribution is -0.0445. The summed E-state index contributed by atoms with van der Waals surface area (Å²) in [4.78, 5) is 21.9. The van der Waals surface area contributed by atoms with Crippen molar-refractivity contribution < 1.29 is 4.74 Å². The smallest absolute Gasteiger partial charge is 0.251 e. The maximum Gasteiger partial charge on any atom is 0.251 e. The normalized spacial score (nSPS) is 24.8. The fourth-order valence-electron chi connectivity index (χ4n) is 3.38. The first-order valence-corrected chi connectivity index (χ1v) is 8.10. The zero-order chi connectivity index (χ0) is 14.8. The summed E-state index contributed by atoms with van der Waals surface area (Å²) in [7, 11) is 0. The Labute approximate surface area is 125 Å². The van der Waals surface area contributed by atoms with Gasteiger partial charge in [0.05, 0.1) is 12.3 Å². The van der Waals surface area contributed by atoms with Crippen molar-refractivity contribution in [2.45, 2.75) is 57.6 Å². The van der Waals surface area contributed by atoms with Crippen molar-refractivity contribution in [2.75, 3.05) is 19.7 Å². The van der Waals surface area contributed by atoms with Crippen LogP contribution < -0.4 is 5.56 Å². The van der Waals surface area contributed by atoms with Gasteiger partial charge in [0, 0.05) is 31.1 Å². The number of rotatable bonds is 3. The fourth-order valence-corrected chi connectivity index (χ4v) is 3.38. The molecule has 1 aromatic heterocycles. The molecular formula is C16H25N3O2. The maximum absolute atomic E-state index is 12.0. The van der Waals surface area contributed by atoms with Crippen LogP contribution in [0.25, 0.3) is 0 Å². The third-order valence-electron chi connectivity index (χ3n) is 4.69. The van der Waals surface area contributed by atoms with Crippen LogP contribution in [0.15, 0.2) is 10.9 Å². The monoisotopic (exact) mass is 291 g/mol. The van der Waals surface area contributed by atoms with Gasteiger partial charge in [-0.3, -0.25) is 9.69 Å². The van der Waals surface area contributed by atoms with Crippen LogP contribution in [-0.2, 0) is 4.74 Å². The highest BCUT2D eigenvalue weighted by molar-refractivity contribution is 5.11. The molecule has 1 N–H and O–H groups in total. The number of hydrogen-bond donors (Lipinski definition) is 1. The average molecular weight is 291 g/mol. The average Bonchev–Trinajstić information content (AvgIpc) is 3.01. The van der Waals surface area contributed by atoms with Crippen molar-refractivity contribution in [2.24, 2.45) is 0 Å². The molecule has 1 saturated heterocycles. The van der Waals surface area contributed by atoms with E-state index >= 15 is 0 Å². The lowest BCUT2D eigenvalue weighted by Crippen LogP contribution is -2.43. The number of aromatic amines is 1. The standard InChI is InChI=1S/C16H25N3O2/c1-11(2)19-7-8-21-14(10-19)16-17-13(9-15(20)18-16)12-5-3-4-6-12/h9,11-12,14H,3-8,10H2,1-2H3,(H,17,18,20). The molecule has 2 fully saturated rings. The van der Waals surface area contributed by atoms with Crippen LogP contribution in [0.2, 0.25) is 0 Å². The molecule has 2 aliphatic rings. The van der Waals surface area contributed by atoms with Gasteiger partial charge < -0.3 is 9.72 Å². The number of nitrogens with one attached hydrogen (secondary N) is 1. The van der Waals surface area contributed by atoms with E-state index in [0.29, 0.717) is 24.4 Å². The molecule has 0 bridgehead atoms. The Kier molecular flexibility index (Phi) is 4.40. The van der Waals surface area contributed by atoms with E-state index in [9.17, 15) is 4.79 Å². The van der Waals surface area contributed by atoms with E-state index in [1.165, 1.54) is 12.8 Å². The van der Waals surface area contributed by atoms with Crippen LogP contribution >= 0.6 is 0 Å². The number of morpholine rings is 1. The van der Waals surface area contributed by atoms with Gasteiger partial charge in [0.15, 0.2) is 0 Å². The number of H-pyrrole nitrogens is 1. The Morgan fingerprint density at radius 2 is 2.14 bits per heavy atom. The van der Waals surface area contributed by atoms with Gasteiger partial charge in [-0.05, 0) is 26.7 Å². The molecule has 3 rings (SSSR count). The van der Waals surface area contributed by atoms with E-state index in [1.807, 2.05) is 0 Å². The summed E-state index contributed by atoms with van der Waals surface area (Å²) >= 11 is 0. The SMILES string of the molecule is CC(C)N1CCOC(c2nc(C3CCCC3)cc(=O)[nH]2)C1. The first-order valence-electron chi connectivity index (χ1n) is 8.10. The van der Waals surface area contributed by atoms with Gasteiger partial charge in [0.25, 0.3) is 5.56 Å². The molecule has 1 atom stereocenters. The van der Waals surface area contributed by atoms with Crippen LogP contribution in [0.4, 0.5) is 0 Å². The molecule has 1 aromatic rings. The number of hydrogen-bond acceptors (Lipinski definition) is 4. The molecule has 1 aliphatic heterocycles. The topological polar surface area (TPSA) is 58.2 Å². The van der Waals surface area contributed by atoms with E-state index in [0.717, 1.165) is 31.6 Å². The predicted molar refractivity (Wildman–Crippen MR) is 81.5 cm³/mol. The van der Waals surface area contributed by atoms with Gasteiger partial charge in [-0.25, -0.2) is 4.98 Å². The van der Waals surface area contributed by atoms with E-state index < -0.39 is 0 Å². The van der Waals surface area contributed by atoms with E-state index in [-0.39, 0.29) is 11.7 Å². The van der Waals surface area contributed by atoms with Crippen LogP contribution in [0.5, 0.6) is 0 Å². The molecule has 1 unspecified atom stereocenters. The molecule has 5 heteroatoms. The quantitative estimate of drug-likeness (QED) is 0.927. The van der Waals surface area contributed by atoms with Gasteiger partial charge in [0.2, 0.25) is 0 Å². The number of aromatic nitrogens is 2. The summed E-state index contributed by atoms with van der Waals surface area (Å²) in [6.45, 7) is 6.82. The summed E-state index contributed by atoms with van der Waals surface area (Å²) < 4.78 is 5.84. The largest absolute Gasteiger partial charge is 0.368 e. The number of ether oxygens (including phenoxy) is 1. The Morgan fingerprint density at radius 1 is 1.38 bits per heavy atom. The summed E-state index contributed by atoms with van der Waals surface area (Å²) in [6, 6.07) is 2.16. The van der Waals surface area contributed by atoms with Gasteiger partial charge in [-0.2, -0.15) is 0 Å². The minimum Gasteiger partial charge on any atom is -0.368 e. The third kappa shape index (κ3) is 3.35. The second-order valence-electron chi connectivity index (χ2n) is 6.48. The molecule has 0 aromatic carbocycles. The van der Waals surface area contributed by atoms with Gasteiger partial charge >= 0.3 is 0 Å². The molecule has 0 radical (unpaired) electrons. The molecule has 2 heterocycles. The zero-order valence-corrected chi connectivity index (χ0v) is 13.0. The van der Waals surface area contributed by atoms with E-state index in [2.05, 4.69) is 23.7 Å². The molecule has 0 amide bonds. The molecular weight excluding hydrogens is 266 g/mol. The van der Waals surface area contributed by atoms with Gasteiger partial charge in [-0.1, -0.05) is 12.8 Å². The van der Waals surface area contributed by atoms with Gasteiger partial charge in [-0.15, -0.1) is 0 Å². The van der Waals surface area contributed by atoms with Gasteiger partial charge in [0.1, 0.15) is 11.9 Å². The van der Waals surface area contributed by atoms with Crippen LogP contribution in [0.1, 0.15) is 63.1 Å². The van der Waals surface area contributed by atoms with Crippen molar-refractivity contribution in [1.82, 2.24) is 14.9 Å². The molecule has 116 valence electrons. The highest BCUT2D eigenvalue weighted by Crippen LogP contribution is 2.33. The third-order valence-corrected chi connectivity index (χ3v) is 4.69. The number of nitrogens with zero attached hydrogens (tertiary/aromatic N) is 2. The second-order valence-corrected chi connectivity index (χ2v) is 6.48. The highest BCUT2D eigenvalue weighted by Gasteiger charge is 2.27. The van der Waals surface area contributed by atoms with E-state index in [4.69, 9.17) is 9.72 Å². The first-order chi connectivity index (χ1) is 10.1. The van der Waals surface area contributed by atoms with Crippen molar-refractivity contribution in [3.63, 3.8) is 0 Å². The minimum atomic E-state index is -0.116. The Hall–Kier alpha value is -1.20. The molecule has 1 saturated carbocycles. The molecule has 0 spiro atoms. The summed E-state index contributed by atoms with van der Waals surface area (Å²) in [5.41, 5.74) is 0.906. The lowest BCUT2D eigenvalue weighted by atomic mass is 10.0. The highest BCUT2D eigenvalue weighted by atomic mass is 16.5. The maximum atomic E-state index is 12.0. The molecule has 5 nitrogen and oxygen atoms in total. The van der Waals surface area contributed by atoms with Crippen LogP contribution in [0.3, 0.4) is 0 Å². The van der Waals surface area contributed by atoms with Crippen LogP contribution in [0, 0.1) is 0 Å². The summed E-state index contributed by atoms with van der Waals surface area (Å²) in [6.07, 6.45) is 4.68. The molecule has 21 heavy (non-hydrogen) atoms.